The maximum Gasteiger partial charge on any atom is 0.140 e. The summed E-state index contributed by atoms with van der Waals surface area (Å²) in [6.07, 6.45) is 1.69. The molecule has 102 valence electrons. The Morgan fingerprint density at radius 2 is 2.05 bits per heavy atom. The van der Waals surface area contributed by atoms with Crippen molar-refractivity contribution in [2.45, 2.75) is 23.6 Å². The van der Waals surface area contributed by atoms with Gasteiger partial charge in [-0.3, -0.25) is 0 Å². The third kappa shape index (κ3) is 3.83. The molecule has 4 heteroatoms. The lowest BCUT2D eigenvalue weighted by atomic mass is 10.1. The van der Waals surface area contributed by atoms with Crippen molar-refractivity contribution in [1.29, 1.82) is 5.26 Å². The van der Waals surface area contributed by atoms with Gasteiger partial charge in [0, 0.05) is 22.9 Å². The number of hydrogen-bond donors (Lipinski definition) is 1. The van der Waals surface area contributed by atoms with Crippen molar-refractivity contribution < 1.29 is 0 Å². The number of rotatable bonds is 5. The predicted molar refractivity (Wildman–Crippen MR) is 82.4 cm³/mol. The number of nitriles is 1. The Morgan fingerprint density at radius 3 is 2.70 bits per heavy atom. The molecule has 3 nitrogen and oxygen atoms in total. The molecule has 0 bridgehead atoms. The molecule has 0 aliphatic rings. The molecule has 0 radical (unpaired) electrons. The molecular weight excluding hydrogens is 266 g/mol. The van der Waals surface area contributed by atoms with Crippen LogP contribution in [-0.2, 0) is 5.75 Å². The van der Waals surface area contributed by atoms with Gasteiger partial charge in [0.25, 0.3) is 0 Å². The van der Waals surface area contributed by atoms with E-state index in [1.807, 2.05) is 19.2 Å². The highest BCUT2D eigenvalue weighted by atomic mass is 32.2. The van der Waals surface area contributed by atoms with Crippen LogP contribution in [0.2, 0.25) is 0 Å². The first kappa shape index (κ1) is 14.6. The fourth-order valence-corrected chi connectivity index (χ4v) is 2.65. The van der Waals surface area contributed by atoms with Crippen LogP contribution in [0.5, 0.6) is 0 Å². The summed E-state index contributed by atoms with van der Waals surface area (Å²) in [4.78, 5) is 5.20. The largest absolute Gasteiger partial charge is 0.313 e. The van der Waals surface area contributed by atoms with E-state index in [0.29, 0.717) is 11.7 Å². The summed E-state index contributed by atoms with van der Waals surface area (Å²) in [6, 6.07) is 14.8. The minimum atomic E-state index is 0.368. The molecule has 0 aliphatic carbocycles. The maximum absolute atomic E-state index is 8.83. The van der Waals surface area contributed by atoms with E-state index in [4.69, 9.17) is 5.26 Å². The molecule has 0 fully saturated rings. The Kier molecular flexibility index (Phi) is 5.16. The predicted octanol–water partition coefficient (Wildman–Crippen LogP) is 3.53. The van der Waals surface area contributed by atoms with E-state index in [-0.39, 0.29) is 0 Å². The van der Waals surface area contributed by atoms with Crippen LogP contribution in [0.1, 0.15) is 29.8 Å². The fourth-order valence-electron chi connectivity index (χ4n) is 1.81. The highest BCUT2D eigenvalue weighted by Crippen LogP contribution is 2.24. The minimum absolute atomic E-state index is 0.368. The van der Waals surface area contributed by atoms with E-state index >= 15 is 0 Å². The van der Waals surface area contributed by atoms with E-state index in [0.717, 1.165) is 11.3 Å². The normalized spacial score (nSPS) is 11.8. The van der Waals surface area contributed by atoms with Crippen molar-refractivity contribution in [3.63, 3.8) is 0 Å². The van der Waals surface area contributed by atoms with Gasteiger partial charge in [-0.05, 0) is 49.4 Å². The topological polar surface area (TPSA) is 48.7 Å². The van der Waals surface area contributed by atoms with Gasteiger partial charge in [0.1, 0.15) is 11.8 Å². The zero-order valence-electron chi connectivity index (χ0n) is 11.6. The molecule has 1 aromatic carbocycles. The van der Waals surface area contributed by atoms with Crippen molar-refractivity contribution in [2.24, 2.45) is 0 Å². The summed E-state index contributed by atoms with van der Waals surface area (Å²) in [7, 11) is 1.96. The standard InChI is InChI=1S/C16H17N3S/c1-12(18-2)14-3-5-16(6-4-14)20-11-13-7-8-19-15(9-13)10-17/h3-9,12,18H,11H2,1-2H3. The lowest BCUT2D eigenvalue weighted by Gasteiger charge is -2.11. The molecule has 0 saturated carbocycles. The third-order valence-electron chi connectivity index (χ3n) is 3.16. The Balaban J connectivity index is 1.98. The average Bonchev–Trinajstić information content (AvgIpc) is 2.53. The second kappa shape index (κ2) is 7.09. The highest BCUT2D eigenvalue weighted by Gasteiger charge is 2.03. The van der Waals surface area contributed by atoms with Crippen molar-refractivity contribution in [1.82, 2.24) is 10.3 Å². The van der Waals surface area contributed by atoms with Gasteiger partial charge in [-0.2, -0.15) is 5.26 Å². The second-order valence-electron chi connectivity index (χ2n) is 4.53. The SMILES string of the molecule is CNC(C)c1ccc(SCc2ccnc(C#N)c2)cc1. The molecule has 1 atom stereocenters. The van der Waals surface area contributed by atoms with Gasteiger partial charge in [-0.1, -0.05) is 12.1 Å². The molecule has 1 N–H and O–H groups in total. The number of benzene rings is 1. The van der Waals surface area contributed by atoms with Gasteiger partial charge >= 0.3 is 0 Å². The van der Waals surface area contributed by atoms with E-state index in [9.17, 15) is 0 Å². The molecule has 1 unspecified atom stereocenters. The first-order valence-corrected chi connectivity index (χ1v) is 7.46. The van der Waals surface area contributed by atoms with Crippen LogP contribution in [0.15, 0.2) is 47.5 Å². The second-order valence-corrected chi connectivity index (χ2v) is 5.58. The number of pyridine rings is 1. The van der Waals surface area contributed by atoms with E-state index in [2.05, 4.69) is 47.6 Å². The smallest absolute Gasteiger partial charge is 0.140 e. The van der Waals surface area contributed by atoms with Gasteiger partial charge in [0.05, 0.1) is 0 Å². The number of nitrogens with one attached hydrogen (secondary N) is 1. The summed E-state index contributed by atoms with van der Waals surface area (Å²) in [6.45, 7) is 2.14. The van der Waals surface area contributed by atoms with Crippen molar-refractivity contribution in [3.05, 3.63) is 59.4 Å². The van der Waals surface area contributed by atoms with Crippen LogP contribution in [0.4, 0.5) is 0 Å². The van der Waals surface area contributed by atoms with Crippen LogP contribution < -0.4 is 5.32 Å². The summed E-state index contributed by atoms with van der Waals surface area (Å²) in [5, 5.41) is 12.1. The van der Waals surface area contributed by atoms with Gasteiger partial charge in [0.2, 0.25) is 0 Å². The molecule has 1 heterocycles. The van der Waals surface area contributed by atoms with Crippen molar-refractivity contribution in [3.8, 4) is 6.07 Å². The van der Waals surface area contributed by atoms with Gasteiger partial charge in [-0.15, -0.1) is 11.8 Å². The van der Waals surface area contributed by atoms with Crippen LogP contribution >= 0.6 is 11.8 Å². The van der Waals surface area contributed by atoms with E-state index in [1.54, 1.807) is 18.0 Å². The molecule has 1 aromatic heterocycles. The van der Waals surface area contributed by atoms with Gasteiger partial charge < -0.3 is 5.32 Å². The lowest BCUT2D eigenvalue weighted by molar-refractivity contribution is 0.652. The fraction of sp³-hybridized carbons (Fsp3) is 0.250. The highest BCUT2D eigenvalue weighted by molar-refractivity contribution is 7.98. The summed E-state index contributed by atoms with van der Waals surface area (Å²) in [5.41, 5.74) is 2.88. The third-order valence-corrected chi connectivity index (χ3v) is 4.24. The van der Waals surface area contributed by atoms with Crippen LogP contribution in [0.25, 0.3) is 0 Å². The maximum atomic E-state index is 8.83. The van der Waals surface area contributed by atoms with Crippen LogP contribution in [0.3, 0.4) is 0 Å². The van der Waals surface area contributed by atoms with Crippen molar-refractivity contribution >= 4 is 11.8 Å². The number of nitrogens with zero attached hydrogens (tertiary/aromatic N) is 2. The Morgan fingerprint density at radius 1 is 1.30 bits per heavy atom. The van der Waals surface area contributed by atoms with E-state index in [1.165, 1.54) is 10.5 Å². The monoisotopic (exact) mass is 283 g/mol. The molecular formula is C16H17N3S. The van der Waals surface area contributed by atoms with Gasteiger partial charge in [0.15, 0.2) is 0 Å². The number of thioether (sulfide) groups is 1. The molecule has 0 saturated heterocycles. The Bertz CT molecular complexity index is 602. The summed E-state index contributed by atoms with van der Waals surface area (Å²) < 4.78 is 0. The first-order valence-electron chi connectivity index (χ1n) is 6.48. The molecule has 2 rings (SSSR count). The molecule has 20 heavy (non-hydrogen) atoms. The Hall–Kier alpha value is -1.83. The van der Waals surface area contributed by atoms with Crippen LogP contribution in [-0.4, -0.2) is 12.0 Å². The quantitative estimate of drug-likeness (QED) is 0.853. The Labute approximate surface area is 124 Å². The molecule has 0 amide bonds. The van der Waals surface area contributed by atoms with E-state index < -0.39 is 0 Å². The lowest BCUT2D eigenvalue weighted by Crippen LogP contribution is -2.11. The summed E-state index contributed by atoms with van der Waals surface area (Å²) >= 11 is 1.76. The van der Waals surface area contributed by atoms with Gasteiger partial charge in [-0.25, -0.2) is 4.98 Å². The molecule has 0 aliphatic heterocycles. The zero-order chi connectivity index (χ0) is 14.4. The average molecular weight is 283 g/mol. The summed E-state index contributed by atoms with van der Waals surface area (Å²) in [5.74, 6) is 0.845. The van der Waals surface area contributed by atoms with Crippen LogP contribution in [0, 0.1) is 11.3 Å². The number of aromatic nitrogens is 1. The van der Waals surface area contributed by atoms with Crippen molar-refractivity contribution in [2.75, 3.05) is 7.05 Å². The first-order chi connectivity index (χ1) is 9.72. The molecule has 0 spiro atoms. The zero-order valence-corrected chi connectivity index (χ0v) is 12.4. The minimum Gasteiger partial charge on any atom is -0.313 e. The number of hydrogen-bond acceptors (Lipinski definition) is 4. The molecule has 2 aromatic rings.